The topological polar surface area (TPSA) is 48.7 Å². The summed E-state index contributed by atoms with van der Waals surface area (Å²) in [6.45, 7) is 12.2. The molecule has 4 aromatic carbocycles. The molecule has 0 saturated carbocycles. The Labute approximate surface area is 301 Å². The minimum Gasteiger partial charge on any atom is -0.359 e. The lowest BCUT2D eigenvalue weighted by Gasteiger charge is -2.45. The molecule has 2 aliphatic carbocycles. The molecular formula is C43H48BrN3O2. The monoisotopic (exact) mass is 717 g/mol. The minimum absolute atomic E-state index is 0.0143. The molecule has 0 bridgehead atoms. The minimum atomic E-state index is -0.278. The van der Waals surface area contributed by atoms with E-state index in [1.807, 2.05) is 6.07 Å². The van der Waals surface area contributed by atoms with Crippen molar-refractivity contribution in [3.8, 4) is 6.07 Å². The van der Waals surface area contributed by atoms with E-state index in [-0.39, 0.29) is 22.5 Å². The third-order valence-corrected chi connectivity index (χ3v) is 12.0. The van der Waals surface area contributed by atoms with Gasteiger partial charge in [0.1, 0.15) is 11.4 Å². The van der Waals surface area contributed by atoms with Gasteiger partial charge in [-0.15, -0.1) is 0 Å². The van der Waals surface area contributed by atoms with Gasteiger partial charge in [-0.1, -0.05) is 88.7 Å². The summed E-state index contributed by atoms with van der Waals surface area (Å²) in [6, 6.07) is 36.5. The molecule has 8 rings (SSSR count). The van der Waals surface area contributed by atoms with Gasteiger partial charge in [0.25, 0.3) is 0 Å². The Balaban J connectivity index is 0.000000154. The molecule has 6 heteroatoms. The van der Waals surface area contributed by atoms with Crippen LogP contribution in [0.5, 0.6) is 0 Å². The van der Waals surface area contributed by atoms with Crippen LogP contribution >= 0.6 is 15.9 Å². The number of nitriles is 1. The van der Waals surface area contributed by atoms with Crippen LogP contribution in [0.15, 0.2) is 102 Å². The fourth-order valence-electron chi connectivity index (χ4n) is 8.76. The van der Waals surface area contributed by atoms with E-state index in [1.54, 1.807) is 0 Å². The molecule has 2 saturated heterocycles. The fraction of sp³-hybridized carbons (Fsp3) is 0.419. The lowest BCUT2D eigenvalue weighted by Crippen LogP contribution is -2.54. The Morgan fingerprint density at radius 2 is 1.10 bits per heavy atom. The summed E-state index contributed by atoms with van der Waals surface area (Å²) in [6.07, 6.45) is 6.46. The van der Waals surface area contributed by atoms with Gasteiger partial charge >= 0.3 is 0 Å². The highest BCUT2D eigenvalue weighted by Gasteiger charge is 2.53. The predicted molar refractivity (Wildman–Crippen MR) is 199 cm³/mol. The molecule has 0 amide bonds. The smallest absolute Gasteiger partial charge is 0.116 e. The molecule has 0 radical (unpaired) electrons. The van der Waals surface area contributed by atoms with Crippen molar-refractivity contribution >= 4 is 15.9 Å². The third-order valence-electron chi connectivity index (χ3n) is 11.5. The lowest BCUT2D eigenvalue weighted by atomic mass is 9.76. The Morgan fingerprint density at radius 3 is 1.59 bits per heavy atom. The number of rotatable bonds is 4. The SMILES string of the molecule is CC1(C)OCC2(CCc3ccc(Br)cc3C2)N1Cc1ccccc1.CC1(C)OCC2(CCc3ccc(C#N)cc3C2)N1Cc1ccccc1. The van der Waals surface area contributed by atoms with Gasteiger partial charge in [-0.2, -0.15) is 5.26 Å². The van der Waals surface area contributed by atoms with Crippen LogP contribution < -0.4 is 0 Å². The van der Waals surface area contributed by atoms with Crippen molar-refractivity contribution in [1.82, 2.24) is 9.80 Å². The molecule has 2 fully saturated rings. The van der Waals surface area contributed by atoms with Crippen LogP contribution in [0.25, 0.3) is 0 Å². The summed E-state index contributed by atoms with van der Waals surface area (Å²) >= 11 is 3.63. The molecule has 2 spiro atoms. The van der Waals surface area contributed by atoms with Crippen LogP contribution in [-0.2, 0) is 48.2 Å². The maximum atomic E-state index is 9.24. The second-order valence-electron chi connectivity index (χ2n) is 15.4. The number of aryl methyl sites for hydroxylation is 2. The van der Waals surface area contributed by atoms with Crippen molar-refractivity contribution in [2.45, 2.75) is 102 Å². The molecule has 0 N–H and O–H groups in total. The Morgan fingerprint density at radius 1 is 0.633 bits per heavy atom. The van der Waals surface area contributed by atoms with E-state index in [0.717, 1.165) is 70.4 Å². The van der Waals surface area contributed by atoms with E-state index < -0.39 is 0 Å². The zero-order chi connectivity index (χ0) is 34.3. The highest BCUT2D eigenvalue weighted by Crippen LogP contribution is 2.46. The van der Waals surface area contributed by atoms with Gasteiger partial charge in [0.05, 0.1) is 35.9 Å². The summed E-state index contributed by atoms with van der Waals surface area (Å²) in [5.41, 5.74) is 8.70. The molecule has 254 valence electrons. The third kappa shape index (κ3) is 6.89. The second-order valence-corrected chi connectivity index (χ2v) is 16.3. The van der Waals surface area contributed by atoms with E-state index in [9.17, 15) is 5.26 Å². The van der Waals surface area contributed by atoms with Crippen LogP contribution in [0.3, 0.4) is 0 Å². The van der Waals surface area contributed by atoms with Gasteiger partial charge in [0.15, 0.2) is 0 Å². The Kier molecular flexibility index (Phi) is 9.36. The molecule has 2 unspecified atom stereocenters. The molecule has 5 nitrogen and oxygen atoms in total. The normalized spacial score (nSPS) is 25.3. The molecule has 4 aliphatic rings. The van der Waals surface area contributed by atoms with Crippen LogP contribution in [0.1, 0.15) is 79.5 Å². The summed E-state index contributed by atoms with van der Waals surface area (Å²) in [5.74, 6) is 0. The van der Waals surface area contributed by atoms with Crippen molar-refractivity contribution in [2.75, 3.05) is 13.2 Å². The first-order valence-corrected chi connectivity index (χ1v) is 18.5. The van der Waals surface area contributed by atoms with Gasteiger partial charge in [0.2, 0.25) is 0 Å². The number of ether oxygens (including phenoxy) is 2. The molecule has 2 atom stereocenters. The molecule has 0 aromatic heterocycles. The quantitative estimate of drug-likeness (QED) is 0.211. The maximum Gasteiger partial charge on any atom is 0.116 e. The fourth-order valence-corrected chi connectivity index (χ4v) is 9.17. The van der Waals surface area contributed by atoms with Crippen LogP contribution in [0.2, 0.25) is 0 Å². The number of nitrogens with zero attached hydrogens (tertiary/aromatic N) is 3. The average Bonchev–Trinajstić information content (AvgIpc) is 3.48. The summed E-state index contributed by atoms with van der Waals surface area (Å²) in [7, 11) is 0. The van der Waals surface area contributed by atoms with Crippen molar-refractivity contribution < 1.29 is 9.47 Å². The van der Waals surface area contributed by atoms with Crippen molar-refractivity contribution in [3.63, 3.8) is 0 Å². The zero-order valence-corrected chi connectivity index (χ0v) is 30.9. The Hall–Kier alpha value is -3.31. The van der Waals surface area contributed by atoms with Gasteiger partial charge < -0.3 is 9.47 Å². The predicted octanol–water partition coefficient (Wildman–Crippen LogP) is 9.00. The highest BCUT2D eigenvalue weighted by molar-refractivity contribution is 9.10. The number of hydrogen-bond acceptors (Lipinski definition) is 5. The summed E-state index contributed by atoms with van der Waals surface area (Å²) < 4.78 is 13.7. The van der Waals surface area contributed by atoms with Crippen LogP contribution in [-0.4, -0.2) is 45.5 Å². The van der Waals surface area contributed by atoms with E-state index in [4.69, 9.17) is 9.47 Å². The average molecular weight is 719 g/mol. The number of halogens is 1. The summed E-state index contributed by atoms with van der Waals surface area (Å²) in [4.78, 5) is 5.14. The highest BCUT2D eigenvalue weighted by atomic mass is 79.9. The largest absolute Gasteiger partial charge is 0.359 e. The second kappa shape index (κ2) is 13.4. The lowest BCUT2D eigenvalue weighted by molar-refractivity contribution is -0.0676. The van der Waals surface area contributed by atoms with Crippen molar-refractivity contribution in [3.05, 3.63) is 140 Å². The molecule has 2 heterocycles. The van der Waals surface area contributed by atoms with E-state index in [0.29, 0.717) is 0 Å². The standard InChI is InChI=1S/C22H24N2O.C21H24BrNO/c1-21(2)24(15-17-6-4-3-5-7-17)22(16-25-21)11-10-19-9-8-18(14-23)12-20(19)13-22;1-20(2)23(14-16-6-4-3-5-7-16)21(15-24-20)11-10-17-8-9-19(22)12-18(17)13-21/h3-9,12H,10-11,13,15-16H2,1-2H3;3-9,12H,10-11,13-15H2,1-2H3. The maximum absolute atomic E-state index is 9.24. The van der Waals surface area contributed by atoms with Gasteiger partial charge in [-0.3, -0.25) is 9.80 Å². The van der Waals surface area contributed by atoms with E-state index in [1.165, 1.54) is 37.9 Å². The Bertz CT molecular complexity index is 1840. The first-order valence-electron chi connectivity index (χ1n) is 17.7. The van der Waals surface area contributed by atoms with Gasteiger partial charge in [0, 0.05) is 17.6 Å². The first-order chi connectivity index (χ1) is 23.5. The van der Waals surface area contributed by atoms with E-state index in [2.05, 4.69) is 150 Å². The first kappa shape index (κ1) is 34.2. The molecule has 2 aliphatic heterocycles. The summed E-state index contributed by atoms with van der Waals surface area (Å²) in [5, 5.41) is 9.24. The zero-order valence-electron chi connectivity index (χ0n) is 29.3. The molecule has 4 aromatic rings. The number of benzene rings is 4. The molecule has 49 heavy (non-hydrogen) atoms. The van der Waals surface area contributed by atoms with Gasteiger partial charge in [-0.05, 0) is 124 Å². The number of fused-ring (bicyclic) bond motifs is 2. The van der Waals surface area contributed by atoms with Gasteiger partial charge in [-0.25, -0.2) is 0 Å². The van der Waals surface area contributed by atoms with Crippen LogP contribution in [0, 0.1) is 11.3 Å². The van der Waals surface area contributed by atoms with Crippen LogP contribution in [0.4, 0.5) is 0 Å². The van der Waals surface area contributed by atoms with Crippen molar-refractivity contribution in [1.29, 1.82) is 5.26 Å². The molecular weight excluding hydrogens is 670 g/mol. The van der Waals surface area contributed by atoms with E-state index >= 15 is 0 Å². The number of hydrogen-bond donors (Lipinski definition) is 0. The van der Waals surface area contributed by atoms with Crippen molar-refractivity contribution in [2.24, 2.45) is 0 Å².